The van der Waals surface area contributed by atoms with Gasteiger partial charge in [-0.15, -0.1) is 11.3 Å². The van der Waals surface area contributed by atoms with Crippen LogP contribution in [0.5, 0.6) is 0 Å². The van der Waals surface area contributed by atoms with E-state index in [1.807, 2.05) is 17.6 Å². The molecule has 19 heavy (non-hydrogen) atoms. The minimum absolute atomic E-state index is 0.266. The number of anilines is 1. The Kier molecular flexibility index (Phi) is 3.46. The monoisotopic (exact) mass is 290 g/mol. The highest BCUT2D eigenvalue weighted by Crippen LogP contribution is 2.25. The van der Waals surface area contributed by atoms with Crippen LogP contribution in [0.3, 0.4) is 0 Å². The molecule has 3 aromatic rings. The quantitative estimate of drug-likeness (QED) is 0.774. The third kappa shape index (κ3) is 2.75. The number of nitrogens with zero attached hydrogens (tertiary/aromatic N) is 2. The minimum atomic E-state index is 0.266. The number of fused-ring (bicyclic) bond motifs is 1. The van der Waals surface area contributed by atoms with Crippen molar-refractivity contribution < 1.29 is 0 Å². The number of rotatable bonds is 4. The summed E-state index contributed by atoms with van der Waals surface area (Å²) < 4.78 is 1.14. The third-order valence-electron chi connectivity index (χ3n) is 2.90. The molecule has 1 atom stereocenters. The molecule has 0 fully saturated rings. The summed E-state index contributed by atoms with van der Waals surface area (Å²) in [6.45, 7) is 2.94. The maximum absolute atomic E-state index is 5.71. The van der Waals surface area contributed by atoms with E-state index in [1.54, 1.807) is 11.3 Å². The zero-order valence-electron chi connectivity index (χ0n) is 10.5. The first kappa shape index (κ1) is 12.5. The molecule has 3 N–H and O–H groups in total. The highest BCUT2D eigenvalue weighted by molar-refractivity contribution is 7.22. The summed E-state index contributed by atoms with van der Waals surface area (Å²) >= 11 is 3.20. The fraction of sp³-hybridized carbons (Fsp3) is 0.231. The number of nitrogens with two attached hydrogens (primary N) is 1. The largest absolute Gasteiger partial charge is 0.375 e. The van der Waals surface area contributed by atoms with Gasteiger partial charge in [0.15, 0.2) is 5.13 Å². The molecule has 0 spiro atoms. The number of hydrogen-bond acceptors (Lipinski definition) is 6. The van der Waals surface area contributed by atoms with Gasteiger partial charge in [-0.25, -0.2) is 9.97 Å². The van der Waals surface area contributed by atoms with Crippen LogP contribution in [0.15, 0.2) is 29.8 Å². The van der Waals surface area contributed by atoms with E-state index < -0.39 is 0 Å². The average Bonchev–Trinajstić information content (AvgIpc) is 3.03. The fourth-order valence-electron chi connectivity index (χ4n) is 1.90. The lowest BCUT2D eigenvalue weighted by atomic mass is 10.2. The number of hydrogen-bond donors (Lipinski definition) is 2. The van der Waals surface area contributed by atoms with Gasteiger partial charge in [0.25, 0.3) is 0 Å². The van der Waals surface area contributed by atoms with Crippen molar-refractivity contribution in [3.05, 3.63) is 40.3 Å². The molecule has 0 saturated carbocycles. The lowest BCUT2D eigenvalue weighted by Crippen LogP contribution is -2.17. The normalized spacial score (nSPS) is 12.9. The van der Waals surface area contributed by atoms with E-state index >= 15 is 0 Å². The van der Waals surface area contributed by atoms with Crippen LogP contribution in [0.2, 0.25) is 0 Å². The summed E-state index contributed by atoms with van der Waals surface area (Å²) in [5.41, 5.74) is 7.92. The summed E-state index contributed by atoms with van der Waals surface area (Å²) in [5.74, 6) is 0. The van der Waals surface area contributed by atoms with Crippen LogP contribution in [0.25, 0.3) is 10.2 Å². The van der Waals surface area contributed by atoms with Gasteiger partial charge in [0, 0.05) is 18.1 Å². The van der Waals surface area contributed by atoms with Gasteiger partial charge in [-0.05, 0) is 24.6 Å². The second-order valence-electron chi connectivity index (χ2n) is 4.33. The van der Waals surface area contributed by atoms with Crippen LogP contribution < -0.4 is 11.1 Å². The Balaban J connectivity index is 1.71. The van der Waals surface area contributed by atoms with Crippen molar-refractivity contribution in [2.24, 2.45) is 0 Å². The van der Waals surface area contributed by atoms with Gasteiger partial charge in [-0.3, -0.25) is 0 Å². The Hall–Kier alpha value is -1.50. The molecule has 3 rings (SSSR count). The topological polar surface area (TPSA) is 63.8 Å². The van der Waals surface area contributed by atoms with E-state index in [9.17, 15) is 0 Å². The molecule has 2 heterocycles. The van der Waals surface area contributed by atoms with E-state index in [-0.39, 0.29) is 6.04 Å². The van der Waals surface area contributed by atoms with Gasteiger partial charge in [0.1, 0.15) is 5.01 Å². The van der Waals surface area contributed by atoms with Crippen molar-refractivity contribution in [2.45, 2.75) is 19.5 Å². The van der Waals surface area contributed by atoms with Gasteiger partial charge in [-0.1, -0.05) is 17.4 Å². The Labute approximate surface area is 119 Å². The Morgan fingerprint density at radius 2 is 2.32 bits per heavy atom. The fourth-order valence-corrected chi connectivity index (χ4v) is 3.37. The van der Waals surface area contributed by atoms with Crippen LogP contribution >= 0.6 is 22.7 Å². The van der Waals surface area contributed by atoms with E-state index in [0.29, 0.717) is 5.13 Å². The smallest absolute Gasteiger partial charge is 0.181 e. The Morgan fingerprint density at radius 1 is 1.42 bits per heavy atom. The highest BCUT2D eigenvalue weighted by Gasteiger charge is 2.08. The molecular weight excluding hydrogens is 276 g/mol. The molecule has 0 amide bonds. The molecule has 0 radical (unpaired) electrons. The van der Waals surface area contributed by atoms with Crippen LogP contribution in [-0.2, 0) is 6.54 Å². The molecule has 6 heteroatoms. The molecule has 0 aliphatic rings. The second-order valence-corrected chi connectivity index (χ2v) is 6.32. The van der Waals surface area contributed by atoms with Gasteiger partial charge in [0.2, 0.25) is 0 Å². The van der Waals surface area contributed by atoms with Gasteiger partial charge in [-0.2, -0.15) is 0 Å². The number of nitrogen functional groups attached to an aromatic ring is 1. The summed E-state index contributed by atoms with van der Waals surface area (Å²) in [5, 5.41) is 7.21. The van der Waals surface area contributed by atoms with Crippen molar-refractivity contribution in [3.8, 4) is 0 Å². The summed E-state index contributed by atoms with van der Waals surface area (Å²) in [4.78, 5) is 8.57. The molecule has 98 valence electrons. The van der Waals surface area contributed by atoms with E-state index in [2.05, 4.69) is 34.3 Å². The first-order valence-corrected chi connectivity index (χ1v) is 7.70. The van der Waals surface area contributed by atoms with Gasteiger partial charge >= 0.3 is 0 Å². The maximum Gasteiger partial charge on any atom is 0.181 e. The lowest BCUT2D eigenvalue weighted by Gasteiger charge is -2.10. The number of nitrogens with one attached hydrogen (secondary N) is 1. The molecule has 1 aromatic carbocycles. The Bertz CT molecular complexity index is 675. The molecule has 4 nitrogen and oxygen atoms in total. The minimum Gasteiger partial charge on any atom is -0.375 e. The van der Waals surface area contributed by atoms with Crippen LogP contribution in [-0.4, -0.2) is 9.97 Å². The predicted octanol–water partition coefficient (Wildman–Crippen LogP) is 3.19. The van der Waals surface area contributed by atoms with E-state index in [0.717, 1.165) is 21.8 Å². The summed E-state index contributed by atoms with van der Waals surface area (Å²) in [6.07, 6.45) is 1.84. The molecule has 2 aromatic heterocycles. The molecule has 0 bridgehead atoms. The molecule has 0 aliphatic heterocycles. The molecular formula is C13H14N4S2. The standard InChI is InChI=1S/C13H14N4S2/c1-8(12-15-4-5-18-12)16-7-9-2-3-10-11(6-9)19-13(14)17-10/h2-6,8,16H,7H2,1H3,(H2,14,17). The van der Waals surface area contributed by atoms with Crippen molar-refractivity contribution in [2.75, 3.05) is 5.73 Å². The van der Waals surface area contributed by atoms with Gasteiger partial charge in [0.05, 0.1) is 16.3 Å². The SMILES string of the molecule is CC(NCc1ccc2nc(N)sc2c1)c1nccs1. The van der Waals surface area contributed by atoms with Crippen LogP contribution in [0.4, 0.5) is 5.13 Å². The van der Waals surface area contributed by atoms with Crippen molar-refractivity contribution in [1.82, 2.24) is 15.3 Å². The Morgan fingerprint density at radius 3 is 3.11 bits per heavy atom. The van der Waals surface area contributed by atoms with Gasteiger partial charge < -0.3 is 11.1 Å². The van der Waals surface area contributed by atoms with Crippen LogP contribution in [0, 0.1) is 0 Å². The molecule has 1 unspecified atom stereocenters. The van der Waals surface area contributed by atoms with Crippen molar-refractivity contribution in [1.29, 1.82) is 0 Å². The average molecular weight is 290 g/mol. The molecule has 0 saturated heterocycles. The summed E-state index contributed by atoms with van der Waals surface area (Å²) in [6, 6.07) is 6.52. The summed E-state index contributed by atoms with van der Waals surface area (Å²) in [7, 11) is 0. The van der Waals surface area contributed by atoms with E-state index in [4.69, 9.17) is 5.73 Å². The zero-order valence-corrected chi connectivity index (χ0v) is 12.1. The second kappa shape index (κ2) is 5.24. The van der Waals surface area contributed by atoms with E-state index in [1.165, 1.54) is 16.9 Å². The van der Waals surface area contributed by atoms with Crippen LogP contribution in [0.1, 0.15) is 23.5 Å². The molecule has 0 aliphatic carbocycles. The highest BCUT2D eigenvalue weighted by atomic mass is 32.1. The maximum atomic E-state index is 5.71. The third-order valence-corrected chi connectivity index (χ3v) is 4.71. The first-order valence-electron chi connectivity index (χ1n) is 6.00. The first-order chi connectivity index (χ1) is 9.22. The van der Waals surface area contributed by atoms with Crippen molar-refractivity contribution >= 4 is 38.0 Å². The number of benzene rings is 1. The number of thiazole rings is 2. The zero-order chi connectivity index (χ0) is 13.2. The van der Waals surface area contributed by atoms with Crippen molar-refractivity contribution in [3.63, 3.8) is 0 Å². The lowest BCUT2D eigenvalue weighted by molar-refractivity contribution is 0.572. The predicted molar refractivity (Wildman–Crippen MR) is 81.4 cm³/mol. The number of aromatic nitrogens is 2.